The van der Waals surface area contributed by atoms with Gasteiger partial charge in [0.25, 0.3) is 0 Å². The van der Waals surface area contributed by atoms with Crippen LogP contribution in [0.4, 0.5) is 0 Å². The molecule has 0 fully saturated rings. The summed E-state index contributed by atoms with van der Waals surface area (Å²) in [5.74, 6) is 0.00789. The summed E-state index contributed by atoms with van der Waals surface area (Å²) in [6.45, 7) is 3.82. The SMILES string of the molecule is CCC(C(=O)NCCOCCBr)c1ccccc1. The summed E-state index contributed by atoms with van der Waals surface area (Å²) in [7, 11) is 0. The lowest BCUT2D eigenvalue weighted by molar-refractivity contribution is -0.122. The Hall–Kier alpha value is -0.870. The zero-order chi connectivity index (χ0) is 13.2. The van der Waals surface area contributed by atoms with E-state index in [2.05, 4.69) is 21.2 Å². The number of halogens is 1. The predicted molar refractivity (Wildman–Crippen MR) is 77.1 cm³/mol. The van der Waals surface area contributed by atoms with Crippen LogP contribution in [0.2, 0.25) is 0 Å². The smallest absolute Gasteiger partial charge is 0.227 e. The molecule has 0 aliphatic heterocycles. The molecule has 1 unspecified atom stereocenters. The van der Waals surface area contributed by atoms with Gasteiger partial charge in [-0.1, -0.05) is 53.2 Å². The Bertz CT molecular complexity index is 343. The monoisotopic (exact) mass is 313 g/mol. The Morgan fingerprint density at radius 2 is 2.06 bits per heavy atom. The molecule has 3 nitrogen and oxygen atoms in total. The molecule has 0 heterocycles. The van der Waals surface area contributed by atoms with E-state index in [0.29, 0.717) is 19.8 Å². The van der Waals surface area contributed by atoms with E-state index in [1.165, 1.54) is 0 Å². The normalized spacial score (nSPS) is 12.1. The highest BCUT2D eigenvalue weighted by Gasteiger charge is 2.17. The van der Waals surface area contributed by atoms with Crippen molar-refractivity contribution >= 4 is 21.8 Å². The van der Waals surface area contributed by atoms with Gasteiger partial charge in [0.05, 0.1) is 19.1 Å². The maximum atomic E-state index is 12.0. The van der Waals surface area contributed by atoms with Crippen molar-refractivity contribution < 1.29 is 9.53 Å². The molecule has 18 heavy (non-hydrogen) atoms. The first kappa shape index (κ1) is 15.2. The molecule has 0 saturated carbocycles. The molecule has 1 amide bonds. The fourth-order valence-electron chi connectivity index (χ4n) is 1.78. The molecule has 0 radical (unpaired) electrons. The maximum Gasteiger partial charge on any atom is 0.227 e. The zero-order valence-corrected chi connectivity index (χ0v) is 12.3. The van der Waals surface area contributed by atoms with Gasteiger partial charge in [0.15, 0.2) is 0 Å². The number of carbonyl (C=O) groups excluding carboxylic acids is 1. The summed E-state index contributed by atoms with van der Waals surface area (Å²) in [5.41, 5.74) is 1.07. The summed E-state index contributed by atoms with van der Waals surface area (Å²) in [6, 6.07) is 9.88. The molecule has 0 aromatic heterocycles. The Morgan fingerprint density at radius 3 is 2.67 bits per heavy atom. The molecule has 1 rings (SSSR count). The average molecular weight is 314 g/mol. The second-order valence-corrected chi connectivity index (χ2v) is 4.76. The van der Waals surface area contributed by atoms with Gasteiger partial charge < -0.3 is 10.1 Å². The van der Waals surface area contributed by atoms with E-state index in [-0.39, 0.29) is 11.8 Å². The second kappa shape index (κ2) is 9.11. The third-order valence-electron chi connectivity index (χ3n) is 2.69. The number of carbonyl (C=O) groups is 1. The van der Waals surface area contributed by atoms with Crippen LogP contribution >= 0.6 is 15.9 Å². The molecule has 100 valence electrons. The fourth-order valence-corrected chi connectivity index (χ4v) is 2.01. The maximum absolute atomic E-state index is 12.0. The summed E-state index contributed by atoms with van der Waals surface area (Å²) in [6.07, 6.45) is 0.804. The molecule has 1 aromatic rings. The van der Waals surface area contributed by atoms with Crippen LogP contribution in [0, 0.1) is 0 Å². The van der Waals surface area contributed by atoms with Crippen LogP contribution in [0.25, 0.3) is 0 Å². The molecular formula is C14H20BrNO2. The van der Waals surface area contributed by atoms with E-state index >= 15 is 0 Å². The van der Waals surface area contributed by atoms with Crippen molar-refractivity contribution in [3.8, 4) is 0 Å². The first-order valence-corrected chi connectivity index (χ1v) is 7.38. The van der Waals surface area contributed by atoms with Crippen molar-refractivity contribution in [1.29, 1.82) is 0 Å². The van der Waals surface area contributed by atoms with E-state index < -0.39 is 0 Å². The molecule has 0 saturated heterocycles. The zero-order valence-electron chi connectivity index (χ0n) is 10.7. The van der Waals surface area contributed by atoms with Gasteiger partial charge in [-0.15, -0.1) is 0 Å². The van der Waals surface area contributed by atoms with Gasteiger partial charge in [0, 0.05) is 11.9 Å². The Morgan fingerprint density at radius 1 is 1.33 bits per heavy atom. The van der Waals surface area contributed by atoms with E-state index in [0.717, 1.165) is 17.3 Å². The van der Waals surface area contributed by atoms with E-state index in [1.54, 1.807) is 0 Å². The van der Waals surface area contributed by atoms with Crippen LogP contribution in [0.5, 0.6) is 0 Å². The molecule has 0 aliphatic carbocycles. The van der Waals surface area contributed by atoms with Crippen molar-refractivity contribution in [2.75, 3.05) is 25.1 Å². The first-order chi connectivity index (χ1) is 8.79. The Balaban J connectivity index is 2.39. The van der Waals surface area contributed by atoms with Crippen molar-refractivity contribution in [3.05, 3.63) is 35.9 Å². The highest BCUT2D eigenvalue weighted by Crippen LogP contribution is 2.18. The number of alkyl halides is 1. The third-order valence-corrected chi connectivity index (χ3v) is 3.02. The number of hydrogen-bond donors (Lipinski definition) is 1. The van der Waals surface area contributed by atoms with Crippen LogP contribution in [-0.2, 0) is 9.53 Å². The van der Waals surface area contributed by atoms with Crippen molar-refractivity contribution in [3.63, 3.8) is 0 Å². The molecule has 4 heteroatoms. The van der Waals surface area contributed by atoms with Gasteiger partial charge >= 0.3 is 0 Å². The number of amides is 1. The number of hydrogen-bond acceptors (Lipinski definition) is 2. The first-order valence-electron chi connectivity index (χ1n) is 6.26. The number of ether oxygens (including phenoxy) is 1. The van der Waals surface area contributed by atoms with Gasteiger partial charge in [-0.3, -0.25) is 4.79 Å². The van der Waals surface area contributed by atoms with Gasteiger partial charge in [0.1, 0.15) is 0 Å². The van der Waals surface area contributed by atoms with Crippen LogP contribution < -0.4 is 5.32 Å². The minimum absolute atomic E-state index is 0.0672. The lowest BCUT2D eigenvalue weighted by atomic mass is 9.96. The topological polar surface area (TPSA) is 38.3 Å². The van der Waals surface area contributed by atoms with Crippen molar-refractivity contribution in [2.24, 2.45) is 0 Å². The van der Waals surface area contributed by atoms with Crippen LogP contribution in [-0.4, -0.2) is 31.0 Å². The second-order valence-electron chi connectivity index (χ2n) is 3.96. The highest BCUT2D eigenvalue weighted by atomic mass is 79.9. The van der Waals surface area contributed by atoms with Crippen LogP contribution in [0.1, 0.15) is 24.8 Å². The minimum atomic E-state index is -0.0672. The molecule has 0 bridgehead atoms. The Labute approximate surface area is 117 Å². The summed E-state index contributed by atoms with van der Waals surface area (Å²) < 4.78 is 5.29. The largest absolute Gasteiger partial charge is 0.379 e. The summed E-state index contributed by atoms with van der Waals surface area (Å²) >= 11 is 3.28. The van der Waals surface area contributed by atoms with Crippen LogP contribution in [0.3, 0.4) is 0 Å². The molecular weight excluding hydrogens is 294 g/mol. The third kappa shape index (κ3) is 5.19. The van der Waals surface area contributed by atoms with Crippen molar-refractivity contribution in [1.82, 2.24) is 5.32 Å². The lowest BCUT2D eigenvalue weighted by Gasteiger charge is -2.15. The minimum Gasteiger partial charge on any atom is -0.379 e. The summed E-state index contributed by atoms with van der Waals surface area (Å²) in [4.78, 5) is 12.0. The number of benzene rings is 1. The summed E-state index contributed by atoms with van der Waals surface area (Å²) in [5, 5.41) is 3.73. The molecule has 0 spiro atoms. The van der Waals surface area contributed by atoms with Gasteiger partial charge in [0.2, 0.25) is 5.91 Å². The van der Waals surface area contributed by atoms with Crippen LogP contribution in [0.15, 0.2) is 30.3 Å². The molecule has 0 aliphatic rings. The predicted octanol–water partition coefficient (Wildman–Crippen LogP) is 2.71. The Kier molecular flexibility index (Phi) is 7.69. The fraction of sp³-hybridized carbons (Fsp3) is 0.500. The average Bonchev–Trinajstić information content (AvgIpc) is 2.40. The lowest BCUT2D eigenvalue weighted by Crippen LogP contribution is -2.32. The van der Waals surface area contributed by atoms with Crippen molar-refractivity contribution in [2.45, 2.75) is 19.3 Å². The highest BCUT2D eigenvalue weighted by molar-refractivity contribution is 9.09. The number of nitrogens with one attached hydrogen (secondary N) is 1. The quantitative estimate of drug-likeness (QED) is 0.592. The number of rotatable bonds is 8. The molecule has 1 N–H and O–H groups in total. The molecule has 1 aromatic carbocycles. The standard InChI is InChI=1S/C14H20BrNO2/c1-2-13(12-6-4-3-5-7-12)14(17)16-9-11-18-10-8-15/h3-7,13H,2,8-11H2,1H3,(H,16,17). The van der Waals surface area contributed by atoms with Gasteiger partial charge in [-0.2, -0.15) is 0 Å². The van der Waals surface area contributed by atoms with E-state index in [4.69, 9.17) is 4.74 Å². The molecule has 1 atom stereocenters. The van der Waals surface area contributed by atoms with Gasteiger partial charge in [-0.05, 0) is 12.0 Å². The van der Waals surface area contributed by atoms with E-state index in [9.17, 15) is 4.79 Å². The van der Waals surface area contributed by atoms with Gasteiger partial charge in [-0.25, -0.2) is 0 Å². The van der Waals surface area contributed by atoms with E-state index in [1.807, 2.05) is 37.3 Å².